The van der Waals surface area contributed by atoms with Crippen LogP contribution in [0.5, 0.6) is 0 Å². The van der Waals surface area contributed by atoms with Gasteiger partial charge in [0.2, 0.25) is 0 Å². The third-order valence-electron chi connectivity index (χ3n) is 2.50. The van der Waals surface area contributed by atoms with Crippen molar-refractivity contribution in [3.8, 4) is 12.1 Å². The fraction of sp³-hybridized carbons (Fsp3) is 0.154. The molecule has 0 N–H and O–H groups in total. The summed E-state index contributed by atoms with van der Waals surface area (Å²) in [5.74, 6) is 0. The molecule has 0 saturated carbocycles. The Hall–Kier alpha value is -2.15. The molecule has 2 rings (SSSR count). The summed E-state index contributed by atoms with van der Waals surface area (Å²) in [4.78, 5) is 12.2. The molecule has 94 valence electrons. The van der Waals surface area contributed by atoms with E-state index >= 15 is 0 Å². The highest BCUT2D eigenvalue weighted by atomic mass is 32.1. The van der Waals surface area contributed by atoms with E-state index in [1.54, 1.807) is 17.4 Å². The molecule has 0 spiro atoms. The number of hydrogen-bond acceptors (Lipinski definition) is 5. The van der Waals surface area contributed by atoms with E-state index in [0.717, 1.165) is 5.56 Å². The second-order valence-electron chi connectivity index (χ2n) is 3.62. The molecule has 19 heavy (non-hydrogen) atoms. The lowest BCUT2D eigenvalue weighted by molar-refractivity contribution is 0.722. The highest BCUT2D eigenvalue weighted by molar-refractivity contribution is 7.08. The first kappa shape index (κ1) is 13.3. The fourth-order valence-electron chi connectivity index (χ4n) is 1.62. The van der Waals surface area contributed by atoms with Crippen LogP contribution in [0.15, 0.2) is 21.6 Å². The van der Waals surface area contributed by atoms with E-state index in [1.807, 2.05) is 35.9 Å². The van der Waals surface area contributed by atoms with Crippen molar-refractivity contribution in [3.63, 3.8) is 0 Å². The Morgan fingerprint density at radius 3 is 2.74 bits per heavy atom. The molecule has 0 aromatic carbocycles. The highest BCUT2D eigenvalue weighted by Crippen LogP contribution is 2.05. The van der Waals surface area contributed by atoms with Crippen LogP contribution in [0.4, 0.5) is 0 Å². The zero-order valence-electron chi connectivity index (χ0n) is 10.1. The number of nitriles is 2. The van der Waals surface area contributed by atoms with Crippen molar-refractivity contribution < 1.29 is 0 Å². The average Bonchev–Trinajstić information content (AvgIpc) is 3.01. The first-order chi connectivity index (χ1) is 9.21. The van der Waals surface area contributed by atoms with Crippen molar-refractivity contribution in [1.29, 1.82) is 10.5 Å². The summed E-state index contributed by atoms with van der Waals surface area (Å²) in [7, 11) is 0. The molecule has 0 saturated heterocycles. The van der Waals surface area contributed by atoms with Gasteiger partial charge in [-0.2, -0.15) is 21.9 Å². The minimum absolute atomic E-state index is 0.0195. The predicted octanol–water partition coefficient (Wildman–Crippen LogP) is 1.02. The fourth-order valence-corrected chi connectivity index (χ4v) is 3.36. The third kappa shape index (κ3) is 2.50. The molecule has 6 heteroatoms. The van der Waals surface area contributed by atoms with Crippen molar-refractivity contribution >= 4 is 34.3 Å². The molecule has 0 bridgehead atoms. The van der Waals surface area contributed by atoms with Crippen LogP contribution in [0.3, 0.4) is 0 Å². The molecule has 2 heterocycles. The van der Waals surface area contributed by atoms with Gasteiger partial charge in [0, 0.05) is 6.54 Å². The molecule has 0 unspecified atom stereocenters. The number of hydrogen-bond donors (Lipinski definition) is 0. The zero-order valence-corrected chi connectivity index (χ0v) is 11.7. The van der Waals surface area contributed by atoms with E-state index in [2.05, 4.69) is 0 Å². The van der Waals surface area contributed by atoms with Gasteiger partial charge in [-0.3, -0.25) is 9.36 Å². The maximum absolute atomic E-state index is 12.2. The molecule has 4 nitrogen and oxygen atoms in total. The Bertz CT molecular complexity index is 826. The molecule has 0 atom stereocenters. The van der Waals surface area contributed by atoms with E-state index in [0.29, 0.717) is 15.7 Å². The van der Waals surface area contributed by atoms with E-state index in [9.17, 15) is 4.79 Å². The monoisotopic (exact) mass is 287 g/mol. The van der Waals surface area contributed by atoms with Crippen LogP contribution in [0, 0.1) is 22.7 Å². The molecule has 2 aromatic rings. The maximum Gasteiger partial charge on any atom is 0.269 e. The Balaban J connectivity index is 2.84. The molecule has 0 amide bonds. The Morgan fingerprint density at radius 1 is 1.47 bits per heavy atom. The first-order valence-corrected chi connectivity index (χ1v) is 7.25. The number of rotatable bonds is 2. The van der Waals surface area contributed by atoms with Crippen LogP contribution in [-0.2, 0) is 6.54 Å². The van der Waals surface area contributed by atoms with Crippen molar-refractivity contribution in [2.45, 2.75) is 13.5 Å². The van der Waals surface area contributed by atoms with Crippen LogP contribution in [0.2, 0.25) is 0 Å². The van der Waals surface area contributed by atoms with Gasteiger partial charge in [-0.15, -0.1) is 11.3 Å². The standard InChI is InChI=1S/C13H9N3OS2/c1-2-16-12(17)11(5-9-3-4-18-8-9)19-13(16)10(6-14)7-15/h3-5,8H,2H2,1H3/b11-5+. The number of thiophene rings is 1. The number of thiazole rings is 1. The minimum atomic E-state index is -0.156. The molecule has 0 fully saturated rings. The van der Waals surface area contributed by atoms with Gasteiger partial charge < -0.3 is 0 Å². The molecular formula is C13H9N3OS2. The average molecular weight is 287 g/mol. The van der Waals surface area contributed by atoms with Crippen molar-refractivity contribution in [3.05, 3.63) is 41.9 Å². The first-order valence-electron chi connectivity index (χ1n) is 5.49. The van der Waals surface area contributed by atoms with E-state index in [1.165, 1.54) is 15.9 Å². The van der Waals surface area contributed by atoms with Crippen molar-refractivity contribution in [2.24, 2.45) is 0 Å². The molecular weight excluding hydrogens is 278 g/mol. The van der Waals surface area contributed by atoms with Crippen molar-refractivity contribution in [2.75, 3.05) is 0 Å². The summed E-state index contributed by atoms with van der Waals surface area (Å²) in [6.07, 6.45) is 1.78. The smallest absolute Gasteiger partial charge is 0.269 e. The van der Waals surface area contributed by atoms with E-state index in [4.69, 9.17) is 10.5 Å². The number of nitrogens with zero attached hydrogens (tertiary/aromatic N) is 3. The molecule has 0 aliphatic carbocycles. The third-order valence-corrected chi connectivity index (χ3v) is 4.33. The second kappa shape index (κ2) is 5.66. The summed E-state index contributed by atoms with van der Waals surface area (Å²) in [5, 5.41) is 21.7. The van der Waals surface area contributed by atoms with Gasteiger partial charge in [0.25, 0.3) is 5.56 Å². The van der Waals surface area contributed by atoms with Gasteiger partial charge in [-0.25, -0.2) is 0 Å². The van der Waals surface area contributed by atoms with Gasteiger partial charge in [0.1, 0.15) is 16.8 Å². The lowest BCUT2D eigenvalue weighted by Gasteiger charge is -1.93. The van der Waals surface area contributed by atoms with Gasteiger partial charge in [0.15, 0.2) is 5.57 Å². The van der Waals surface area contributed by atoms with Crippen LogP contribution in [0.1, 0.15) is 12.5 Å². The Labute approximate surface area is 117 Å². The summed E-state index contributed by atoms with van der Waals surface area (Å²) < 4.78 is 2.43. The number of aromatic nitrogens is 1. The SMILES string of the molecule is CCn1c(=C(C#N)C#N)s/c(=C/c2ccsc2)c1=O. The zero-order chi connectivity index (χ0) is 13.8. The summed E-state index contributed by atoms with van der Waals surface area (Å²) >= 11 is 2.74. The predicted molar refractivity (Wildman–Crippen MR) is 76.0 cm³/mol. The highest BCUT2D eigenvalue weighted by Gasteiger charge is 2.07. The van der Waals surface area contributed by atoms with Crippen LogP contribution in [0.25, 0.3) is 11.6 Å². The second-order valence-corrected chi connectivity index (χ2v) is 5.43. The molecule has 0 aliphatic heterocycles. The van der Waals surface area contributed by atoms with Crippen molar-refractivity contribution in [1.82, 2.24) is 4.57 Å². The molecule has 0 radical (unpaired) electrons. The van der Waals surface area contributed by atoms with Gasteiger partial charge >= 0.3 is 0 Å². The molecule has 2 aromatic heterocycles. The van der Waals surface area contributed by atoms with E-state index < -0.39 is 0 Å². The van der Waals surface area contributed by atoms with Gasteiger partial charge in [-0.05, 0) is 35.4 Å². The molecule has 0 aliphatic rings. The summed E-state index contributed by atoms with van der Waals surface area (Å²) in [6, 6.07) is 5.59. The Kier molecular flexibility index (Phi) is 3.96. The lowest BCUT2D eigenvalue weighted by atomic mass is 10.3. The largest absolute Gasteiger partial charge is 0.298 e. The van der Waals surface area contributed by atoms with Crippen LogP contribution >= 0.6 is 22.7 Å². The summed E-state index contributed by atoms with van der Waals surface area (Å²) in [6.45, 7) is 2.26. The van der Waals surface area contributed by atoms with E-state index in [-0.39, 0.29) is 11.1 Å². The van der Waals surface area contributed by atoms with Crippen LogP contribution in [-0.4, -0.2) is 4.57 Å². The topological polar surface area (TPSA) is 69.6 Å². The Morgan fingerprint density at radius 2 is 2.21 bits per heavy atom. The quantitative estimate of drug-likeness (QED) is 0.828. The maximum atomic E-state index is 12.2. The minimum Gasteiger partial charge on any atom is -0.298 e. The van der Waals surface area contributed by atoms with Gasteiger partial charge in [-0.1, -0.05) is 0 Å². The van der Waals surface area contributed by atoms with Crippen LogP contribution < -0.4 is 14.8 Å². The lowest BCUT2D eigenvalue weighted by Crippen LogP contribution is -2.31. The normalized spacial score (nSPS) is 11.0. The summed E-state index contributed by atoms with van der Waals surface area (Å²) in [5.41, 5.74) is 0.777. The van der Waals surface area contributed by atoms with Gasteiger partial charge in [0.05, 0.1) is 4.53 Å².